The molecule has 0 spiro atoms. The number of rotatable bonds is 10. The topological polar surface area (TPSA) is 165 Å². The summed E-state index contributed by atoms with van der Waals surface area (Å²) in [5.74, 6) is -1.17. The van der Waals surface area contributed by atoms with Crippen LogP contribution in [-0.2, 0) is 20.9 Å². The Morgan fingerprint density at radius 2 is 1.70 bits per heavy atom. The Kier molecular flexibility index (Phi) is 7.82. The second-order valence-electron chi connectivity index (χ2n) is 8.27. The van der Waals surface area contributed by atoms with Gasteiger partial charge in [0, 0.05) is 30.9 Å². The third kappa shape index (κ3) is 5.77. The molecule has 2 aliphatic heterocycles. The van der Waals surface area contributed by atoms with Crippen molar-refractivity contribution in [1.82, 2.24) is 15.5 Å². The first-order chi connectivity index (χ1) is 17.8. The summed E-state index contributed by atoms with van der Waals surface area (Å²) in [6, 6.07) is 10.5. The molecule has 12 nitrogen and oxygen atoms in total. The highest BCUT2D eigenvalue weighted by atomic mass is 32.2. The molecule has 2 aliphatic rings. The summed E-state index contributed by atoms with van der Waals surface area (Å²) in [7, 11) is 0. The van der Waals surface area contributed by atoms with E-state index in [1.807, 2.05) is 0 Å². The molecule has 0 aromatic heterocycles. The lowest BCUT2D eigenvalue weighted by atomic mass is 9.93. The molecular formula is C24H22N4O8S. The normalized spacial score (nSPS) is 18.1. The standard InChI is InChI=1S/C24H22N4O8S/c29-19(37-12-11-25-24(33)36-13-14-5-7-15(8-6-14)28(34)35)10-9-18-20(21(30)26-18)27-22(31)16-3-1-2-4-17(16)23(27)32/h1-8,18,20H,9-13H2,(H,25,33)(H,26,30)/t18-,20-/m1/s1. The number of carbonyl (C=O) groups is 5. The van der Waals surface area contributed by atoms with Gasteiger partial charge in [-0.05, 0) is 36.2 Å². The number of ether oxygens (including phenoxy) is 1. The van der Waals surface area contributed by atoms with Gasteiger partial charge in [-0.3, -0.25) is 34.2 Å². The summed E-state index contributed by atoms with van der Waals surface area (Å²) in [4.78, 5) is 72.6. The van der Waals surface area contributed by atoms with E-state index in [1.165, 1.54) is 24.3 Å². The van der Waals surface area contributed by atoms with Crippen LogP contribution in [0.5, 0.6) is 0 Å². The molecule has 4 rings (SSSR count). The van der Waals surface area contributed by atoms with Crippen molar-refractivity contribution >= 4 is 46.4 Å². The Morgan fingerprint density at radius 3 is 2.30 bits per heavy atom. The fourth-order valence-electron chi connectivity index (χ4n) is 4.00. The molecule has 0 saturated carbocycles. The van der Waals surface area contributed by atoms with Crippen molar-refractivity contribution < 1.29 is 33.6 Å². The maximum atomic E-state index is 12.6. The Balaban J connectivity index is 1.14. The largest absolute Gasteiger partial charge is 0.445 e. The van der Waals surface area contributed by atoms with Gasteiger partial charge in [-0.2, -0.15) is 0 Å². The number of amides is 4. The lowest BCUT2D eigenvalue weighted by molar-refractivity contribution is -0.384. The average molecular weight is 527 g/mol. The number of fused-ring (bicyclic) bond motifs is 1. The van der Waals surface area contributed by atoms with Gasteiger partial charge in [-0.25, -0.2) is 4.79 Å². The van der Waals surface area contributed by atoms with Crippen molar-refractivity contribution in [3.05, 3.63) is 75.3 Å². The number of hydrogen-bond acceptors (Lipinski definition) is 9. The number of non-ortho nitro benzene ring substituents is 1. The number of benzene rings is 2. The van der Waals surface area contributed by atoms with Crippen LogP contribution in [0.1, 0.15) is 39.1 Å². The molecule has 13 heteroatoms. The third-order valence-corrected chi connectivity index (χ3v) is 6.83. The molecule has 2 N–H and O–H groups in total. The van der Waals surface area contributed by atoms with Crippen LogP contribution in [0.25, 0.3) is 0 Å². The highest BCUT2D eigenvalue weighted by molar-refractivity contribution is 8.13. The van der Waals surface area contributed by atoms with Gasteiger partial charge in [0.1, 0.15) is 12.6 Å². The Labute approximate surface area is 214 Å². The van der Waals surface area contributed by atoms with E-state index in [4.69, 9.17) is 4.74 Å². The van der Waals surface area contributed by atoms with Crippen LogP contribution in [0, 0.1) is 10.1 Å². The number of nitro groups is 1. The molecule has 2 aromatic carbocycles. The number of β-lactam (4-membered cyclic amide) rings is 1. The van der Waals surface area contributed by atoms with Gasteiger partial charge in [0.2, 0.25) is 5.91 Å². The number of hydrogen-bond donors (Lipinski definition) is 2. The molecule has 2 atom stereocenters. The summed E-state index contributed by atoms with van der Waals surface area (Å²) >= 11 is 1.01. The van der Waals surface area contributed by atoms with Gasteiger partial charge in [0.25, 0.3) is 17.5 Å². The Hall–Kier alpha value is -4.26. The van der Waals surface area contributed by atoms with Crippen LogP contribution in [0.2, 0.25) is 0 Å². The zero-order valence-electron chi connectivity index (χ0n) is 19.4. The van der Waals surface area contributed by atoms with Crippen molar-refractivity contribution in [3.8, 4) is 0 Å². The molecule has 2 aromatic rings. The smallest absolute Gasteiger partial charge is 0.407 e. The number of imide groups is 1. The SMILES string of the molecule is O=C(NCCSC(=O)CC[C@H]1NC(=O)[C@@H]1N1C(=O)c2ccccc2C1=O)OCc1ccc([N+](=O)[O-])cc1. The predicted octanol–water partition coefficient (Wildman–Crippen LogP) is 2.02. The van der Waals surface area contributed by atoms with Crippen molar-refractivity contribution in [3.63, 3.8) is 0 Å². The van der Waals surface area contributed by atoms with Crippen LogP contribution in [-0.4, -0.2) is 63.1 Å². The monoisotopic (exact) mass is 526 g/mol. The first kappa shape index (κ1) is 25.8. The van der Waals surface area contributed by atoms with E-state index in [2.05, 4.69) is 10.6 Å². The summed E-state index contributed by atoms with van der Waals surface area (Å²) in [5.41, 5.74) is 1.05. The fraction of sp³-hybridized carbons (Fsp3) is 0.292. The summed E-state index contributed by atoms with van der Waals surface area (Å²) in [5, 5.41) is 15.7. The molecular weight excluding hydrogens is 504 g/mol. The van der Waals surface area contributed by atoms with Crippen molar-refractivity contribution in [1.29, 1.82) is 0 Å². The first-order valence-corrected chi connectivity index (χ1v) is 12.3. The summed E-state index contributed by atoms with van der Waals surface area (Å²) in [6.07, 6.45) is -0.312. The van der Waals surface area contributed by atoms with E-state index in [0.717, 1.165) is 16.7 Å². The Morgan fingerprint density at radius 1 is 1.05 bits per heavy atom. The highest BCUT2D eigenvalue weighted by Gasteiger charge is 2.51. The van der Waals surface area contributed by atoms with Crippen LogP contribution in [0.4, 0.5) is 10.5 Å². The maximum absolute atomic E-state index is 12.6. The highest BCUT2D eigenvalue weighted by Crippen LogP contribution is 2.29. The van der Waals surface area contributed by atoms with Gasteiger partial charge in [-0.15, -0.1) is 0 Å². The third-order valence-electron chi connectivity index (χ3n) is 5.89. The summed E-state index contributed by atoms with van der Waals surface area (Å²) in [6.45, 7) is 0.116. The number of nitrogens with zero attached hydrogens (tertiary/aromatic N) is 2. The van der Waals surface area contributed by atoms with E-state index >= 15 is 0 Å². The molecule has 2 heterocycles. The van der Waals surface area contributed by atoms with E-state index in [9.17, 15) is 34.1 Å². The maximum Gasteiger partial charge on any atom is 0.407 e. The lowest BCUT2D eigenvalue weighted by Gasteiger charge is -2.41. The molecule has 192 valence electrons. The second kappa shape index (κ2) is 11.2. The van der Waals surface area contributed by atoms with Gasteiger partial charge in [-0.1, -0.05) is 23.9 Å². The van der Waals surface area contributed by atoms with Crippen LogP contribution in [0.3, 0.4) is 0 Å². The van der Waals surface area contributed by atoms with E-state index in [1.54, 1.807) is 24.3 Å². The molecule has 0 bridgehead atoms. The van der Waals surface area contributed by atoms with Gasteiger partial charge >= 0.3 is 6.09 Å². The average Bonchev–Trinajstić information content (AvgIpc) is 3.13. The number of nitrogens with one attached hydrogen (secondary N) is 2. The van der Waals surface area contributed by atoms with Gasteiger partial charge in [0.05, 0.1) is 22.1 Å². The molecule has 37 heavy (non-hydrogen) atoms. The number of nitro benzene ring substituents is 1. The minimum atomic E-state index is -0.947. The van der Waals surface area contributed by atoms with Crippen molar-refractivity contribution in [2.75, 3.05) is 12.3 Å². The molecule has 1 fully saturated rings. The zero-order chi connectivity index (χ0) is 26.5. The molecule has 4 amide bonds. The minimum absolute atomic E-state index is 0.0583. The quantitative estimate of drug-likeness (QED) is 0.155. The van der Waals surface area contributed by atoms with Crippen LogP contribution < -0.4 is 10.6 Å². The first-order valence-electron chi connectivity index (χ1n) is 11.3. The van der Waals surface area contributed by atoms with Crippen molar-refractivity contribution in [2.24, 2.45) is 0 Å². The number of carbonyl (C=O) groups excluding carboxylic acids is 5. The Bertz CT molecular complexity index is 1230. The van der Waals surface area contributed by atoms with Crippen LogP contribution in [0.15, 0.2) is 48.5 Å². The summed E-state index contributed by atoms with van der Waals surface area (Å²) < 4.78 is 5.03. The van der Waals surface area contributed by atoms with E-state index in [0.29, 0.717) is 11.3 Å². The minimum Gasteiger partial charge on any atom is -0.445 e. The number of thioether (sulfide) groups is 1. The van der Waals surface area contributed by atoms with E-state index < -0.39 is 40.8 Å². The van der Waals surface area contributed by atoms with E-state index in [-0.39, 0.29) is 47.9 Å². The molecule has 0 radical (unpaired) electrons. The van der Waals surface area contributed by atoms with Crippen LogP contribution >= 0.6 is 11.8 Å². The molecule has 1 saturated heterocycles. The number of alkyl carbamates (subject to hydrolysis) is 1. The zero-order valence-corrected chi connectivity index (χ0v) is 20.2. The molecule has 0 aliphatic carbocycles. The second-order valence-corrected chi connectivity index (χ2v) is 9.42. The lowest BCUT2D eigenvalue weighted by Crippen LogP contribution is -2.70. The van der Waals surface area contributed by atoms with Crippen molar-refractivity contribution in [2.45, 2.75) is 31.5 Å². The fourth-order valence-corrected chi connectivity index (χ4v) is 4.69. The predicted molar refractivity (Wildman–Crippen MR) is 131 cm³/mol. The van der Waals surface area contributed by atoms with Gasteiger partial charge in [0.15, 0.2) is 5.12 Å². The molecule has 0 unspecified atom stereocenters. The van der Waals surface area contributed by atoms with Gasteiger partial charge < -0.3 is 15.4 Å².